The fourth-order valence-corrected chi connectivity index (χ4v) is 4.13. The van der Waals surface area contributed by atoms with Crippen LogP contribution in [-0.4, -0.2) is 38.3 Å². The summed E-state index contributed by atoms with van der Waals surface area (Å²) in [6.07, 6.45) is 2.82. The van der Waals surface area contributed by atoms with E-state index in [1.54, 1.807) is 0 Å². The van der Waals surface area contributed by atoms with Crippen LogP contribution in [0.1, 0.15) is 5.56 Å². The quantitative estimate of drug-likeness (QED) is 0.479. The molecule has 29 heavy (non-hydrogen) atoms. The Morgan fingerprint density at radius 3 is 2.62 bits per heavy atom. The van der Waals surface area contributed by atoms with Crippen molar-refractivity contribution < 1.29 is 8.42 Å². The van der Waals surface area contributed by atoms with Crippen molar-refractivity contribution in [2.24, 2.45) is 14.1 Å². The molecular formula is C19H17N5O4S. The number of imidazole rings is 1. The molecule has 0 spiro atoms. The van der Waals surface area contributed by atoms with Crippen LogP contribution >= 0.6 is 0 Å². The standard InChI is InChI=1S/C19H17N5O4S/c1-22-15-16(21-18(22)29(3,27)28)24(19(26)23(2)17(15)25)11-5-7-12-6-4-8-14-13(12)9-10-20-14/h4,6,8-10,20H,11H2,1-3H3. The minimum Gasteiger partial charge on any atom is -0.361 e. The summed E-state index contributed by atoms with van der Waals surface area (Å²) in [4.78, 5) is 32.3. The smallest absolute Gasteiger partial charge is 0.333 e. The fraction of sp³-hybridized carbons (Fsp3) is 0.211. The number of benzene rings is 1. The highest BCUT2D eigenvalue weighted by atomic mass is 32.2. The Morgan fingerprint density at radius 1 is 1.14 bits per heavy atom. The van der Waals surface area contributed by atoms with Gasteiger partial charge >= 0.3 is 5.69 Å². The normalized spacial score (nSPS) is 11.7. The van der Waals surface area contributed by atoms with Crippen molar-refractivity contribution in [1.82, 2.24) is 23.7 Å². The third-order valence-corrected chi connectivity index (χ3v) is 5.73. The molecule has 0 aliphatic heterocycles. The molecule has 148 valence electrons. The number of aryl methyl sites for hydroxylation is 1. The largest absolute Gasteiger partial charge is 0.361 e. The summed E-state index contributed by atoms with van der Waals surface area (Å²) in [6.45, 7) is -0.0511. The van der Waals surface area contributed by atoms with Crippen LogP contribution in [0.5, 0.6) is 0 Å². The van der Waals surface area contributed by atoms with Crippen molar-refractivity contribution in [3.63, 3.8) is 0 Å². The average molecular weight is 411 g/mol. The zero-order valence-corrected chi connectivity index (χ0v) is 16.7. The third kappa shape index (κ3) is 2.96. The molecule has 0 unspecified atom stereocenters. The van der Waals surface area contributed by atoms with Crippen LogP contribution in [-0.2, 0) is 30.5 Å². The van der Waals surface area contributed by atoms with Crippen LogP contribution in [0.2, 0.25) is 0 Å². The van der Waals surface area contributed by atoms with Crippen molar-refractivity contribution >= 4 is 31.9 Å². The Hall–Kier alpha value is -3.58. The predicted octanol–water partition coefficient (Wildman–Crippen LogP) is 0.370. The van der Waals surface area contributed by atoms with Crippen LogP contribution in [0.15, 0.2) is 45.2 Å². The van der Waals surface area contributed by atoms with E-state index in [2.05, 4.69) is 21.8 Å². The van der Waals surface area contributed by atoms with E-state index in [-0.39, 0.29) is 22.9 Å². The lowest BCUT2D eigenvalue weighted by Gasteiger charge is -2.05. The van der Waals surface area contributed by atoms with Crippen LogP contribution in [0.25, 0.3) is 22.1 Å². The lowest BCUT2D eigenvalue weighted by Crippen LogP contribution is -2.38. The fourth-order valence-electron chi connectivity index (χ4n) is 3.29. The highest BCUT2D eigenvalue weighted by Crippen LogP contribution is 2.16. The van der Waals surface area contributed by atoms with Gasteiger partial charge in [0.05, 0.1) is 6.54 Å². The van der Waals surface area contributed by atoms with Gasteiger partial charge in [0.2, 0.25) is 15.0 Å². The monoisotopic (exact) mass is 411 g/mol. The minimum atomic E-state index is -3.69. The molecule has 9 nitrogen and oxygen atoms in total. The van der Waals surface area contributed by atoms with Crippen LogP contribution < -0.4 is 11.2 Å². The van der Waals surface area contributed by atoms with Crippen LogP contribution in [0.3, 0.4) is 0 Å². The van der Waals surface area contributed by atoms with Crippen molar-refractivity contribution in [2.45, 2.75) is 11.7 Å². The molecule has 3 aromatic heterocycles. The third-order valence-electron chi connectivity index (χ3n) is 4.70. The highest BCUT2D eigenvalue weighted by molar-refractivity contribution is 7.90. The molecule has 0 radical (unpaired) electrons. The summed E-state index contributed by atoms with van der Waals surface area (Å²) in [5.74, 6) is 5.96. The van der Waals surface area contributed by atoms with Gasteiger partial charge in [0.25, 0.3) is 5.56 Å². The predicted molar refractivity (Wildman–Crippen MR) is 109 cm³/mol. The molecule has 0 aliphatic rings. The molecule has 10 heteroatoms. The molecule has 1 aromatic carbocycles. The van der Waals surface area contributed by atoms with Gasteiger partial charge in [-0.3, -0.25) is 13.9 Å². The van der Waals surface area contributed by atoms with E-state index in [4.69, 9.17) is 0 Å². The minimum absolute atomic E-state index is 0.00446. The van der Waals surface area contributed by atoms with Crippen molar-refractivity contribution in [1.29, 1.82) is 0 Å². The Bertz CT molecular complexity index is 1570. The molecule has 4 rings (SSSR count). The number of H-pyrrole nitrogens is 1. The number of nitrogens with one attached hydrogen (secondary N) is 1. The first-order valence-corrected chi connectivity index (χ1v) is 10.5. The van der Waals surface area contributed by atoms with Gasteiger partial charge < -0.3 is 9.55 Å². The Balaban J connectivity index is 1.90. The highest BCUT2D eigenvalue weighted by Gasteiger charge is 2.23. The molecule has 4 aromatic rings. The van der Waals surface area contributed by atoms with Gasteiger partial charge in [-0.1, -0.05) is 17.9 Å². The number of sulfone groups is 1. The second kappa shape index (κ2) is 6.49. The van der Waals surface area contributed by atoms with Crippen LogP contribution in [0.4, 0.5) is 0 Å². The number of rotatable bonds is 2. The van der Waals surface area contributed by atoms with Crippen molar-refractivity contribution in [3.05, 3.63) is 56.9 Å². The Morgan fingerprint density at radius 2 is 1.90 bits per heavy atom. The van der Waals surface area contributed by atoms with Gasteiger partial charge in [-0.25, -0.2) is 13.2 Å². The van der Waals surface area contributed by atoms with E-state index in [9.17, 15) is 18.0 Å². The maximum Gasteiger partial charge on any atom is 0.333 e. The average Bonchev–Trinajstić information content (AvgIpc) is 3.27. The number of hydrogen-bond acceptors (Lipinski definition) is 5. The first-order valence-electron chi connectivity index (χ1n) is 8.61. The van der Waals surface area contributed by atoms with E-state index < -0.39 is 21.1 Å². The molecule has 0 saturated carbocycles. The van der Waals surface area contributed by atoms with Crippen molar-refractivity contribution in [2.75, 3.05) is 6.26 Å². The molecule has 0 saturated heterocycles. The molecule has 0 aliphatic carbocycles. The summed E-state index contributed by atoms with van der Waals surface area (Å²) in [5.41, 5.74) is 0.528. The molecule has 0 atom stereocenters. The van der Waals surface area contributed by atoms with E-state index in [0.717, 1.165) is 27.3 Å². The summed E-state index contributed by atoms with van der Waals surface area (Å²) in [7, 11) is -0.921. The molecule has 3 heterocycles. The van der Waals surface area contributed by atoms with E-state index in [1.165, 1.54) is 23.2 Å². The SMILES string of the molecule is Cn1c(=O)c2c(nc(S(C)(=O)=O)n2C)n(CC#Cc2cccc3[nH]ccc23)c1=O. The van der Waals surface area contributed by atoms with Crippen molar-refractivity contribution in [3.8, 4) is 11.8 Å². The molecule has 0 fully saturated rings. The number of aromatic nitrogens is 5. The lowest BCUT2D eigenvalue weighted by atomic mass is 10.1. The number of aromatic amines is 1. The van der Waals surface area contributed by atoms with Gasteiger partial charge in [0, 0.05) is 43.0 Å². The topological polar surface area (TPSA) is 112 Å². The summed E-state index contributed by atoms with van der Waals surface area (Å²) in [6, 6.07) is 7.58. The number of hydrogen-bond donors (Lipinski definition) is 1. The summed E-state index contributed by atoms with van der Waals surface area (Å²) < 4.78 is 27.3. The Kier molecular flexibility index (Phi) is 4.20. The van der Waals surface area contributed by atoms with Gasteiger partial charge in [0.1, 0.15) is 0 Å². The molecule has 0 bridgehead atoms. The first-order chi connectivity index (χ1) is 13.7. The molecule has 1 N–H and O–H groups in total. The summed E-state index contributed by atoms with van der Waals surface area (Å²) >= 11 is 0. The number of nitrogens with zero attached hydrogens (tertiary/aromatic N) is 4. The van der Waals surface area contributed by atoms with E-state index >= 15 is 0 Å². The zero-order valence-electron chi connectivity index (χ0n) is 15.9. The second-order valence-electron chi connectivity index (χ2n) is 6.68. The first kappa shape index (κ1) is 18.8. The second-order valence-corrected chi connectivity index (χ2v) is 8.59. The van der Waals surface area contributed by atoms with Gasteiger partial charge in [0.15, 0.2) is 11.2 Å². The van der Waals surface area contributed by atoms with Crippen LogP contribution in [0, 0.1) is 11.8 Å². The van der Waals surface area contributed by atoms with Gasteiger partial charge in [-0.2, -0.15) is 4.98 Å². The number of fused-ring (bicyclic) bond motifs is 2. The van der Waals surface area contributed by atoms with E-state index in [0.29, 0.717) is 0 Å². The summed E-state index contributed by atoms with van der Waals surface area (Å²) in [5, 5.41) is 0.671. The lowest BCUT2D eigenvalue weighted by molar-refractivity contribution is 0.586. The van der Waals surface area contributed by atoms with Gasteiger partial charge in [-0.15, -0.1) is 0 Å². The zero-order chi connectivity index (χ0) is 20.9. The Labute approximate surface area is 165 Å². The maximum absolute atomic E-state index is 12.6. The molecular weight excluding hydrogens is 394 g/mol. The maximum atomic E-state index is 12.6. The van der Waals surface area contributed by atoms with E-state index in [1.807, 2.05) is 30.5 Å². The van der Waals surface area contributed by atoms with Gasteiger partial charge in [-0.05, 0) is 18.2 Å². The molecule has 0 amide bonds.